The molecule has 0 amide bonds. The molecule has 27 heavy (non-hydrogen) atoms. The molecule has 0 spiro atoms. The molecule has 1 aromatic rings. The van der Waals surface area contributed by atoms with Crippen LogP contribution in [0, 0.1) is 0 Å². The third-order valence-corrected chi connectivity index (χ3v) is 4.72. The SMILES string of the molecule is C=Cc1ccc(OCCCCOC2(C)C(F)=C(F)C(SO)=C(F)C2F)cc1. The highest BCUT2D eigenvalue weighted by Gasteiger charge is 2.50. The molecule has 1 N–H and O–H groups in total. The van der Waals surface area contributed by atoms with Crippen LogP contribution in [0.5, 0.6) is 5.75 Å². The third-order valence-electron chi connectivity index (χ3n) is 4.17. The van der Waals surface area contributed by atoms with Gasteiger partial charge in [0.1, 0.15) is 10.7 Å². The Hall–Kier alpha value is -1.77. The second-order valence-electron chi connectivity index (χ2n) is 6.04. The molecule has 2 atom stereocenters. The Balaban J connectivity index is 1.82. The molecule has 0 aromatic heterocycles. The number of ether oxygens (including phenoxy) is 2. The fourth-order valence-electron chi connectivity index (χ4n) is 2.49. The van der Waals surface area contributed by atoms with Crippen molar-refractivity contribution < 1.29 is 31.6 Å². The number of alkyl halides is 1. The Morgan fingerprint density at radius 3 is 2.41 bits per heavy atom. The van der Waals surface area contributed by atoms with E-state index in [1.807, 2.05) is 12.1 Å². The van der Waals surface area contributed by atoms with Gasteiger partial charge in [0.15, 0.2) is 29.3 Å². The molecule has 1 aromatic carbocycles. The molecule has 0 aliphatic heterocycles. The molecule has 0 saturated carbocycles. The quantitative estimate of drug-likeness (QED) is 0.304. The number of hydrogen-bond donors (Lipinski definition) is 1. The number of unbranched alkanes of at least 4 members (excludes halogenated alkanes) is 1. The van der Waals surface area contributed by atoms with Crippen LogP contribution in [0.15, 0.2) is 53.2 Å². The van der Waals surface area contributed by atoms with Crippen molar-refractivity contribution in [2.75, 3.05) is 13.2 Å². The summed E-state index contributed by atoms with van der Waals surface area (Å²) in [5, 5.41) is 0. The van der Waals surface area contributed by atoms with Gasteiger partial charge in [-0.05, 0) is 37.5 Å². The molecule has 3 nitrogen and oxygen atoms in total. The Labute approximate surface area is 159 Å². The molecule has 1 aliphatic rings. The van der Waals surface area contributed by atoms with Gasteiger partial charge in [-0.25, -0.2) is 17.6 Å². The van der Waals surface area contributed by atoms with Gasteiger partial charge in [-0.1, -0.05) is 24.8 Å². The highest BCUT2D eigenvalue weighted by Crippen LogP contribution is 2.46. The molecule has 0 heterocycles. The second-order valence-corrected chi connectivity index (χ2v) is 6.63. The predicted octanol–water partition coefficient (Wildman–Crippen LogP) is 6.15. The number of rotatable bonds is 9. The predicted molar refractivity (Wildman–Crippen MR) is 98.1 cm³/mol. The topological polar surface area (TPSA) is 38.7 Å². The molecule has 2 rings (SSSR count). The van der Waals surface area contributed by atoms with Crippen LogP contribution in [0.25, 0.3) is 6.08 Å². The summed E-state index contributed by atoms with van der Waals surface area (Å²) in [7, 11) is 0. The summed E-state index contributed by atoms with van der Waals surface area (Å²) in [4.78, 5) is -1.10. The molecule has 0 radical (unpaired) electrons. The van der Waals surface area contributed by atoms with Crippen LogP contribution in [-0.2, 0) is 4.74 Å². The van der Waals surface area contributed by atoms with Gasteiger partial charge in [-0.3, -0.25) is 0 Å². The van der Waals surface area contributed by atoms with Gasteiger partial charge in [0.2, 0.25) is 0 Å². The van der Waals surface area contributed by atoms with E-state index in [-0.39, 0.29) is 18.6 Å². The Bertz CT molecular complexity index is 733. The minimum absolute atomic E-state index is 0.120. The van der Waals surface area contributed by atoms with Gasteiger partial charge in [0.25, 0.3) is 0 Å². The summed E-state index contributed by atoms with van der Waals surface area (Å²) in [5.74, 6) is -4.15. The van der Waals surface area contributed by atoms with Crippen LogP contribution in [-0.4, -0.2) is 29.5 Å². The van der Waals surface area contributed by atoms with E-state index in [0.29, 0.717) is 25.2 Å². The number of benzene rings is 1. The van der Waals surface area contributed by atoms with Gasteiger partial charge in [0.05, 0.1) is 6.61 Å². The Kier molecular flexibility index (Phi) is 7.52. The normalized spacial score (nSPS) is 23.0. The van der Waals surface area contributed by atoms with Crippen LogP contribution in [0.3, 0.4) is 0 Å². The minimum atomic E-state index is -2.55. The van der Waals surface area contributed by atoms with Crippen LogP contribution in [0.1, 0.15) is 25.3 Å². The van der Waals surface area contributed by atoms with Gasteiger partial charge in [0, 0.05) is 18.6 Å². The van der Waals surface area contributed by atoms with Gasteiger partial charge in [-0.2, -0.15) is 0 Å². The smallest absolute Gasteiger partial charge is 0.188 e. The Morgan fingerprint density at radius 2 is 1.81 bits per heavy atom. The summed E-state index contributed by atoms with van der Waals surface area (Å²) >= 11 is -0.380. The van der Waals surface area contributed by atoms with Crippen molar-refractivity contribution in [1.82, 2.24) is 0 Å². The van der Waals surface area contributed by atoms with E-state index in [9.17, 15) is 17.6 Å². The molecule has 0 fully saturated rings. The van der Waals surface area contributed by atoms with E-state index < -0.39 is 34.2 Å². The lowest BCUT2D eigenvalue weighted by molar-refractivity contribution is -0.0708. The summed E-state index contributed by atoms with van der Waals surface area (Å²) in [5.41, 5.74) is -1.45. The minimum Gasteiger partial charge on any atom is -0.494 e. The van der Waals surface area contributed by atoms with Crippen molar-refractivity contribution in [3.8, 4) is 5.75 Å². The zero-order chi connectivity index (χ0) is 20.0. The number of halogens is 4. The molecular formula is C19H20F4O3S. The fraction of sp³-hybridized carbons (Fsp3) is 0.368. The van der Waals surface area contributed by atoms with Gasteiger partial charge >= 0.3 is 0 Å². The molecule has 8 heteroatoms. The molecule has 2 unspecified atom stereocenters. The summed E-state index contributed by atoms with van der Waals surface area (Å²) in [6, 6.07) is 7.28. The van der Waals surface area contributed by atoms with E-state index in [4.69, 9.17) is 14.0 Å². The lowest BCUT2D eigenvalue weighted by Gasteiger charge is -2.34. The lowest BCUT2D eigenvalue weighted by atomic mass is 9.92. The molecular weight excluding hydrogens is 384 g/mol. The van der Waals surface area contributed by atoms with Crippen molar-refractivity contribution in [2.45, 2.75) is 31.5 Å². The van der Waals surface area contributed by atoms with E-state index in [1.165, 1.54) is 0 Å². The van der Waals surface area contributed by atoms with Crippen LogP contribution < -0.4 is 4.74 Å². The first-order valence-corrected chi connectivity index (χ1v) is 9.03. The van der Waals surface area contributed by atoms with Gasteiger partial charge < -0.3 is 14.0 Å². The van der Waals surface area contributed by atoms with Crippen LogP contribution in [0.2, 0.25) is 0 Å². The second kappa shape index (κ2) is 9.43. The largest absolute Gasteiger partial charge is 0.494 e. The molecule has 0 saturated heterocycles. The average Bonchev–Trinajstić information content (AvgIpc) is 2.69. The van der Waals surface area contributed by atoms with Crippen molar-refractivity contribution >= 4 is 18.1 Å². The highest BCUT2D eigenvalue weighted by atomic mass is 32.2. The lowest BCUT2D eigenvalue weighted by Crippen LogP contribution is -2.44. The molecule has 1 aliphatic carbocycles. The maximum absolute atomic E-state index is 14.2. The van der Waals surface area contributed by atoms with Crippen molar-refractivity contribution in [1.29, 1.82) is 0 Å². The molecule has 148 valence electrons. The van der Waals surface area contributed by atoms with Gasteiger partial charge in [-0.15, -0.1) is 0 Å². The summed E-state index contributed by atoms with van der Waals surface area (Å²) < 4.78 is 75.4. The summed E-state index contributed by atoms with van der Waals surface area (Å²) in [6.45, 7) is 4.81. The van der Waals surface area contributed by atoms with Crippen LogP contribution >= 0.6 is 12.0 Å². The molecule has 0 bridgehead atoms. The maximum atomic E-state index is 14.2. The fourth-order valence-corrected chi connectivity index (χ4v) is 2.85. The third kappa shape index (κ3) is 4.75. The van der Waals surface area contributed by atoms with Crippen molar-refractivity contribution in [3.05, 3.63) is 58.8 Å². The first kappa shape index (κ1) is 21.5. The standard InChI is InChI=1S/C19H20F4O3S/c1-3-12-6-8-13(9-7-12)25-10-4-5-11-26-19(2)17(22)14(20)16(27-24)15(21)18(19)23/h3,6-9,17,24H,1,4-5,10-11H2,2H3. The zero-order valence-electron chi connectivity index (χ0n) is 14.7. The first-order valence-electron chi connectivity index (χ1n) is 8.25. The van der Waals surface area contributed by atoms with E-state index in [0.717, 1.165) is 12.5 Å². The van der Waals surface area contributed by atoms with E-state index in [2.05, 4.69) is 6.58 Å². The maximum Gasteiger partial charge on any atom is 0.188 e. The van der Waals surface area contributed by atoms with Crippen molar-refractivity contribution in [2.24, 2.45) is 0 Å². The first-order chi connectivity index (χ1) is 12.8. The average molecular weight is 404 g/mol. The Morgan fingerprint density at radius 1 is 1.19 bits per heavy atom. The monoisotopic (exact) mass is 404 g/mol. The number of allylic oxidation sites excluding steroid dienone is 1. The summed E-state index contributed by atoms with van der Waals surface area (Å²) in [6.07, 6.45) is 0.0442. The van der Waals surface area contributed by atoms with Crippen molar-refractivity contribution in [3.63, 3.8) is 0 Å². The highest BCUT2D eigenvalue weighted by molar-refractivity contribution is 7.98. The van der Waals surface area contributed by atoms with Crippen LogP contribution in [0.4, 0.5) is 17.6 Å². The van der Waals surface area contributed by atoms with E-state index in [1.54, 1.807) is 18.2 Å². The van der Waals surface area contributed by atoms with E-state index >= 15 is 0 Å². The number of hydrogen-bond acceptors (Lipinski definition) is 4. The zero-order valence-corrected chi connectivity index (χ0v) is 15.5.